The van der Waals surface area contributed by atoms with E-state index in [4.69, 9.17) is 10.5 Å². The summed E-state index contributed by atoms with van der Waals surface area (Å²) in [4.78, 5) is 0. The fraction of sp³-hybridized carbons (Fsp3) is 0.333. The Kier molecular flexibility index (Phi) is 3.05. The SMILES string of the molecule is CC(CN)Oc1ccc(F)cc1. The summed E-state index contributed by atoms with van der Waals surface area (Å²) >= 11 is 0. The third-order valence-electron chi connectivity index (χ3n) is 1.48. The number of hydrogen-bond donors (Lipinski definition) is 1. The van der Waals surface area contributed by atoms with E-state index in [-0.39, 0.29) is 11.9 Å². The van der Waals surface area contributed by atoms with Crippen LogP contribution in [0.25, 0.3) is 0 Å². The Morgan fingerprint density at radius 3 is 2.50 bits per heavy atom. The van der Waals surface area contributed by atoms with Crippen molar-refractivity contribution in [3.8, 4) is 5.75 Å². The number of rotatable bonds is 3. The third kappa shape index (κ3) is 2.51. The van der Waals surface area contributed by atoms with Gasteiger partial charge in [0.15, 0.2) is 0 Å². The molecule has 0 amide bonds. The molecular formula is C9H12FNO. The molecule has 0 saturated heterocycles. The van der Waals surface area contributed by atoms with Crippen LogP contribution in [0, 0.1) is 5.82 Å². The van der Waals surface area contributed by atoms with E-state index < -0.39 is 0 Å². The molecule has 2 nitrogen and oxygen atoms in total. The fourth-order valence-electron chi connectivity index (χ4n) is 0.794. The summed E-state index contributed by atoms with van der Waals surface area (Å²) < 4.78 is 17.8. The van der Waals surface area contributed by atoms with Gasteiger partial charge in [0, 0.05) is 6.54 Å². The summed E-state index contributed by atoms with van der Waals surface area (Å²) in [5, 5.41) is 0. The second kappa shape index (κ2) is 4.07. The minimum atomic E-state index is -0.261. The van der Waals surface area contributed by atoms with Gasteiger partial charge in [-0.1, -0.05) is 0 Å². The summed E-state index contributed by atoms with van der Waals surface area (Å²) in [6, 6.07) is 5.89. The lowest BCUT2D eigenvalue weighted by Crippen LogP contribution is -2.22. The molecule has 0 saturated carbocycles. The molecule has 1 unspecified atom stereocenters. The smallest absolute Gasteiger partial charge is 0.123 e. The quantitative estimate of drug-likeness (QED) is 0.745. The summed E-state index contributed by atoms with van der Waals surface area (Å²) in [6.45, 7) is 2.32. The molecule has 2 N–H and O–H groups in total. The Morgan fingerprint density at radius 2 is 2.00 bits per heavy atom. The van der Waals surface area contributed by atoms with E-state index in [0.29, 0.717) is 12.3 Å². The molecule has 0 spiro atoms. The van der Waals surface area contributed by atoms with Crippen LogP contribution in [0.4, 0.5) is 4.39 Å². The van der Waals surface area contributed by atoms with Crippen LogP contribution in [0.2, 0.25) is 0 Å². The molecule has 0 fully saturated rings. The maximum Gasteiger partial charge on any atom is 0.123 e. The van der Waals surface area contributed by atoms with E-state index in [0.717, 1.165) is 0 Å². The zero-order chi connectivity index (χ0) is 8.97. The van der Waals surface area contributed by atoms with E-state index >= 15 is 0 Å². The van der Waals surface area contributed by atoms with Gasteiger partial charge in [-0.05, 0) is 31.2 Å². The van der Waals surface area contributed by atoms with Gasteiger partial charge in [0.25, 0.3) is 0 Å². The van der Waals surface area contributed by atoms with Crippen LogP contribution in [0.3, 0.4) is 0 Å². The zero-order valence-corrected chi connectivity index (χ0v) is 6.96. The summed E-state index contributed by atoms with van der Waals surface area (Å²) in [5.74, 6) is 0.386. The molecule has 0 radical (unpaired) electrons. The molecule has 1 atom stereocenters. The van der Waals surface area contributed by atoms with Crippen LogP contribution < -0.4 is 10.5 Å². The average Bonchev–Trinajstić information content (AvgIpc) is 2.09. The number of nitrogens with two attached hydrogens (primary N) is 1. The zero-order valence-electron chi connectivity index (χ0n) is 6.96. The standard InChI is InChI=1S/C9H12FNO/c1-7(6-11)12-9-4-2-8(10)3-5-9/h2-5,7H,6,11H2,1H3. The highest BCUT2D eigenvalue weighted by atomic mass is 19.1. The van der Waals surface area contributed by atoms with Crippen molar-refractivity contribution >= 4 is 0 Å². The highest BCUT2D eigenvalue weighted by Crippen LogP contribution is 2.12. The van der Waals surface area contributed by atoms with Crippen molar-refractivity contribution in [3.05, 3.63) is 30.1 Å². The molecule has 12 heavy (non-hydrogen) atoms. The van der Waals surface area contributed by atoms with Crippen molar-refractivity contribution in [1.82, 2.24) is 0 Å². The lowest BCUT2D eigenvalue weighted by atomic mass is 10.3. The van der Waals surface area contributed by atoms with E-state index in [1.54, 1.807) is 12.1 Å². The topological polar surface area (TPSA) is 35.2 Å². The van der Waals surface area contributed by atoms with Crippen LogP contribution in [0.1, 0.15) is 6.92 Å². The minimum Gasteiger partial charge on any atom is -0.489 e. The van der Waals surface area contributed by atoms with Gasteiger partial charge in [-0.15, -0.1) is 0 Å². The van der Waals surface area contributed by atoms with E-state index in [1.807, 2.05) is 6.92 Å². The van der Waals surface area contributed by atoms with Gasteiger partial charge in [-0.25, -0.2) is 4.39 Å². The fourth-order valence-corrected chi connectivity index (χ4v) is 0.794. The van der Waals surface area contributed by atoms with Gasteiger partial charge in [0.05, 0.1) is 0 Å². The minimum absolute atomic E-state index is 0.0320. The normalized spacial score (nSPS) is 12.6. The number of benzene rings is 1. The Labute approximate surface area is 71.1 Å². The molecule has 3 heteroatoms. The van der Waals surface area contributed by atoms with E-state index in [9.17, 15) is 4.39 Å². The van der Waals surface area contributed by atoms with Gasteiger partial charge in [-0.2, -0.15) is 0 Å². The summed E-state index contributed by atoms with van der Waals surface area (Å²) in [7, 11) is 0. The Bertz CT molecular complexity index is 235. The molecule has 0 bridgehead atoms. The largest absolute Gasteiger partial charge is 0.489 e. The lowest BCUT2D eigenvalue weighted by molar-refractivity contribution is 0.229. The second-order valence-corrected chi connectivity index (χ2v) is 2.62. The van der Waals surface area contributed by atoms with Gasteiger partial charge in [0.2, 0.25) is 0 Å². The first-order chi connectivity index (χ1) is 5.72. The van der Waals surface area contributed by atoms with Crippen molar-refractivity contribution in [2.75, 3.05) is 6.54 Å². The predicted molar refractivity (Wildman–Crippen MR) is 45.5 cm³/mol. The maximum atomic E-state index is 12.4. The van der Waals surface area contributed by atoms with Crippen molar-refractivity contribution in [2.45, 2.75) is 13.0 Å². The molecule has 0 aliphatic carbocycles. The molecule has 0 aliphatic heterocycles. The van der Waals surface area contributed by atoms with Gasteiger partial charge in [0.1, 0.15) is 17.7 Å². The van der Waals surface area contributed by atoms with Crippen LogP contribution in [-0.2, 0) is 0 Å². The van der Waals surface area contributed by atoms with Crippen molar-refractivity contribution in [2.24, 2.45) is 5.73 Å². The third-order valence-corrected chi connectivity index (χ3v) is 1.48. The molecule has 66 valence electrons. The first-order valence-electron chi connectivity index (χ1n) is 3.84. The van der Waals surface area contributed by atoms with Crippen LogP contribution in [0.5, 0.6) is 5.75 Å². The average molecular weight is 169 g/mol. The molecule has 1 rings (SSSR count). The molecule has 0 aliphatic rings. The molecule has 0 aromatic heterocycles. The number of ether oxygens (including phenoxy) is 1. The van der Waals surface area contributed by atoms with Crippen molar-refractivity contribution in [1.29, 1.82) is 0 Å². The summed E-state index contributed by atoms with van der Waals surface area (Å²) in [5.41, 5.74) is 5.35. The van der Waals surface area contributed by atoms with Crippen molar-refractivity contribution in [3.63, 3.8) is 0 Å². The highest BCUT2D eigenvalue weighted by molar-refractivity contribution is 5.22. The van der Waals surface area contributed by atoms with Gasteiger partial charge < -0.3 is 10.5 Å². The van der Waals surface area contributed by atoms with Crippen LogP contribution >= 0.6 is 0 Å². The highest BCUT2D eigenvalue weighted by Gasteiger charge is 2.00. The van der Waals surface area contributed by atoms with E-state index in [2.05, 4.69) is 0 Å². The van der Waals surface area contributed by atoms with Crippen LogP contribution in [-0.4, -0.2) is 12.6 Å². The second-order valence-electron chi connectivity index (χ2n) is 2.62. The molecular weight excluding hydrogens is 157 g/mol. The predicted octanol–water partition coefficient (Wildman–Crippen LogP) is 1.55. The molecule has 0 heterocycles. The lowest BCUT2D eigenvalue weighted by Gasteiger charge is -2.11. The first kappa shape index (κ1) is 9.00. The Morgan fingerprint density at radius 1 is 1.42 bits per heavy atom. The first-order valence-corrected chi connectivity index (χ1v) is 3.84. The molecule has 1 aromatic rings. The van der Waals surface area contributed by atoms with Crippen molar-refractivity contribution < 1.29 is 9.13 Å². The van der Waals surface area contributed by atoms with Gasteiger partial charge in [-0.3, -0.25) is 0 Å². The van der Waals surface area contributed by atoms with E-state index in [1.165, 1.54) is 12.1 Å². The maximum absolute atomic E-state index is 12.4. The summed E-state index contributed by atoms with van der Waals surface area (Å²) in [6.07, 6.45) is -0.0320. The number of halogens is 1. The van der Waals surface area contributed by atoms with Crippen LogP contribution in [0.15, 0.2) is 24.3 Å². The monoisotopic (exact) mass is 169 g/mol. The molecule has 1 aromatic carbocycles. The Balaban J connectivity index is 2.58. The Hall–Kier alpha value is -1.09. The van der Waals surface area contributed by atoms with Gasteiger partial charge >= 0.3 is 0 Å². The number of hydrogen-bond acceptors (Lipinski definition) is 2.